The molecule has 0 saturated heterocycles. The van der Waals surface area contributed by atoms with Crippen LogP contribution in [0.4, 0.5) is 0 Å². The molecule has 0 atom stereocenters. The van der Waals surface area contributed by atoms with Crippen LogP contribution in [-0.2, 0) is 4.74 Å². The van der Waals surface area contributed by atoms with Gasteiger partial charge in [0.25, 0.3) is 0 Å². The van der Waals surface area contributed by atoms with Crippen molar-refractivity contribution in [3.8, 4) is 0 Å². The van der Waals surface area contributed by atoms with E-state index in [9.17, 15) is 0 Å². The van der Waals surface area contributed by atoms with Crippen molar-refractivity contribution in [3.05, 3.63) is 12.2 Å². The second kappa shape index (κ2) is 11.8. The summed E-state index contributed by atoms with van der Waals surface area (Å²) in [5, 5.41) is 6.74. The molecule has 1 rings (SSSR count). The van der Waals surface area contributed by atoms with Crippen LogP contribution in [0.5, 0.6) is 0 Å². The van der Waals surface area contributed by atoms with Gasteiger partial charge in [-0.2, -0.15) is 0 Å². The van der Waals surface area contributed by atoms with Crippen LogP contribution in [-0.4, -0.2) is 38.8 Å². The number of ether oxygens (including phenoxy) is 1. The highest BCUT2D eigenvalue weighted by atomic mass is 127. The largest absolute Gasteiger partial charge is 0.382 e. The van der Waals surface area contributed by atoms with E-state index in [1.165, 1.54) is 0 Å². The first kappa shape index (κ1) is 17.7. The fourth-order valence-electron chi connectivity index (χ4n) is 1.80. The van der Waals surface area contributed by atoms with Crippen LogP contribution in [0.1, 0.15) is 32.6 Å². The molecular weight excluding hydrogens is 341 g/mol. The van der Waals surface area contributed by atoms with Crippen LogP contribution >= 0.6 is 24.0 Å². The Balaban J connectivity index is 0.00000289. The maximum atomic E-state index is 5.29. The standard InChI is InChI=1S/C13H25N3O.HI/c1-3-17-11-7-6-10-15-13(14-2)16-12-8-4-5-9-12;/h4-5,12H,3,6-11H2,1-2H3,(H2,14,15,16);1H. The minimum Gasteiger partial charge on any atom is -0.382 e. The number of hydrogen-bond donors (Lipinski definition) is 2. The summed E-state index contributed by atoms with van der Waals surface area (Å²) in [5.41, 5.74) is 0. The summed E-state index contributed by atoms with van der Waals surface area (Å²) in [6.45, 7) is 4.65. The van der Waals surface area contributed by atoms with E-state index in [-0.39, 0.29) is 24.0 Å². The Morgan fingerprint density at radius 3 is 2.67 bits per heavy atom. The molecule has 4 nitrogen and oxygen atoms in total. The second-order valence-corrected chi connectivity index (χ2v) is 4.19. The van der Waals surface area contributed by atoms with Gasteiger partial charge in [0, 0.05) is 32.8 Å². The Labute approximate surface area is 128 Å². The maximum absolute atomic E-state index is 5.29. The van der Waals surface area contributed by atoms with E-state index in [0.717, 1.165) is 51.4 Å². The maximum Gasteiger partial charge on any atom is 0.191 e. The molecule has 1 aliphatic rings. The molecule has 0 radical (unpaired) electrons. The first-order valence-corrected chi connectivity index (χ1v) is 6.56. The molecular formula is C13H26IN3O. The lowest BCUT2D eigenvalue weighted by Gasteiger charge is -2.16. The minimum absolute atomic E-state index is 0. The molecule has 106 valence electrons. The quantitative estimate of drug-likeness (QED) is 0.239. The number of hydrogen-bond acceptors (Lipinski definition) is 2. The first-order valence-electron chi connectivity index (χ1n) is 6.56. The zero-order valence-corrected chi connectivity index (χ0v) is 13.8. The lowest BCUT2D eigenvalue weighted by atomic mass is 10.2. The number of rotatable bonds is 7. The Morgan fingerprint density at radius 1 is 1.33 bits per heavy atom. The average molecular weight is 367 g/mol. The van der Waals surface area contributed by atoms with Crippen molar-refractivity contribution in [2.24, 2.45) is 4.99 Å². The molecule has 0 fully saturated rings. The molecule has 0 heterocycles. The molecule has 0 aromatic carbocycles. The fourth-order valence-corrected chi connectivity index (χ4v) is 1.80. The van der Waals surface area contributed by atoms with Gasteiger partial charge in [-0.1, -0.05) is 12.2 Å². The van der Waals surface area contributed by atoms with Gasteiger partial charge in [-0.05, 0) is 32.6 Å². The van der Waals surface area contributed by atoms with E-state index in [4.69, 9.17) is 4.74 Å². The van der Waals surface area contributed by atoms with E-state index in [1.54, 1.807) is 0 Å². The lowest BCUT2D eigenvalue weighted by Crippen LogP contribution is -2.42. The van der Waals surface area contributed by atoms with Crippen molar-refractivity contribution in [2.75, 3.05) is 26.8 Å². The van der Waals surface area contributed by atoms with Crippen molar-refractivity contribution in [3.63, 3.8) is 0 Å². The van der Waals surface area contributed by atoms with Gasteiger partial charge in [0.1, 0.15) is 0 Å². The monoisotopic (exact) mass is 367 g/mol. The van der Waals surface area contributed by atoms with Gasteiger partial charge in [-0.25, -0.2) is 0 Å². The highest BCUT2D eigenvalue weighted by Gasteiger charge is 2.10. The van der Waals surface area contributed by atoms with Gasteiger partial charge in [0.05, 0.1) is 0 Å². The molecule has 0 unspecified atom stereocenters. The summed E-state index contributed by atoms with van der Waals surface area (Å²) in [5.74, 6) is 0.912. The van der Waals surface area contributed by atoms with Crippen LogP contribution in [0.15, 0.2) is 17.1 Å². The van der Waals surface area contributed by atoms with Crippen LogP contribution in [0.25, 0.3) is 0 Å². The summed E-state index contributed by atoms with van der Waals surface area (Å²) < 4.78 is 5.29. The molecule has 1 aliphatic carbocycles. The molecule has 18 heavy (non-hydrogen) atoms. The number of aliphatic imine (C=N–C) groups is 1. The number of halogens is 1. The minimum atomic E-state index is 0. The number of unbranched alkanes of at least 4 members (excludes halogenated alkanes) is 1. The third kappa shape index (κ3) is 7.92. The zero-order valence-electron chi connectivity index (χ0n) is 11.4. The van der Waals surface area contributed by atoms with Crippen LogP contribution in [0, 0.1) is 0 Å². The van der Waals surface area contributed by atoms with Crippen LogP contribution < -0.4 is 10.6 Å². The van der Waals surface area contributed by atoms with Crippen molar-refractivity contribution in [1.29, 1.82) is 0 Å². The summed E-state index contributed by atoms with van der Waals surface area (Å²) >= 11 is 0. The van der Waals surface area contributed by atoms with E-state index >= 15 is 0 Å². The van der Waals surface area contributed by atoms with E-state index in [0.29, 0.717) is 6.04 Å². The van der Waals surface area contributed by atoms with Gasteiger partial charge in [-0.15, -0.1) is 24.0 Å². The van der Waals surface area contributed by atoms with Crippen LogP contribution in [0.2, 0.25) is 0 Å². The summed E-state index contributed by atoms with van der Waals surface area (Å²) in [6, 6.07) is 0.518. The molecule has 0 amide bonds. The van der Waals surface area contributed by atoms with Crippen molar-refractivity contribution >= 4 is 29.9 Å². The fraction of sp³-hybridized carbons (Fsp3) is 0.769. The third-order valence-corrected chi connectivity index (χ3v) is 2.78. The van der Waals surface area contributed by atoms with Gasteiger partial charge >= 0.3 is 0 Å². The molecule has 0 spiro atoms. The zero-order chi connectivity index (χ0) is 12.3. The molecule has 2 N–H and O–H groups in total. The SMILES string of the molecule is CCOCCCCNC(=NC)NC1CC=CC1.I. The molecule has 0 aliphatic heterocycles. The second-order valence-electron chi connectivity index (χ2n) is 4.19. The smallest absolute Gasteiger partial charge is 0.191 e. The summed E-state index contributed by atoms with van der Waals surface area (Å²) in [4.78, 5) is 4.22. The number of nitrogens with zero attached hydrogens (tertiary/aromatic N) is 1. The van der Waals surface area contributed by atoms with Gasteiger partial charge in [0.15, 0.2) is 5.96 Å². The third-order valence-electron chi connectivity index (χ3n) is 2.78. The summed E-state index contributed by atoms with van der Waals surface area (Å²) in [6.07, 6.45) is 8.85. The Bertz CT molecular complexity index is 249. The number of guanidine groups is 1. The molecule has 5 heteroatoms. The number of nitrogens with one attached hydrogen (secondary N) is 2. The van der Waals surface area contributed by atoms with E-state index < -0.39 is 0 Å². The molecule has 0 bridgehead atoms. The predicted octanol–water partition coefficient (Wildman–Crippen LogP) is 2.30. The Hall–Kier alpha value is -0.300. The van der Waals surface area contributed by atoms with Gasteiger partial charge in [-0.3, -0.25) is 4.99 Å². The molecule has 0 aromatic rings. The first-order chi connectivity index (χ1) is 8.36. The predicted molar refractivity (Wildman–Crippen MR) is 87.8 cm³/mol. The summed E-state index contributed by atoms with van der Waals surface area (Å²) in [7, 11) is 1.82. The van der Waals surface area contributed by atoms with Gasteiger partial charge in [0.2, 0.25) is 0 Å². The van der Waals surface area contributed by atoms with Crippen molar-refractivity contribution in [1.82, 2.24) is 10.6 Å². The highest BCUT2D eigenvalue weighted by molar-refractivity contribution is 14.0. The van der Waals surface area contributed by atoms with E-state index in [2.05, 4.69) is 27.8 Å². The van der Waals surface area contributed by atoms with Gasteiger partial charge < -0.3 is 15.4 Å². The normalized spacial score (nSPS) is 15.6. The Kier molecular flexibility index (Phi) is 11.6. The van der Waals surface area contributed by atoms with Crippen molar-refractivity contribution < 1.29 is 4.74 Å². The van der Waals surface area contributed by atoms with Crippen LogP contribution in [0.3, 0.4) is 0 Å². The molecule has 0 saturated carbocycles. The average Bonchev–Trinajstić information content (AvgIpc) is 2.85. The van der Waals surface area contributed by atoms with Crippen molar-refractivity contribution in [2.45, 2.75) is 38.6 Å². The lowest BCUT2D eigenvalue weighted by molar-refractivity contribution is 0.143. The topological polar surface area (TPSA) is 45.6 Å². The van der Waals surface area contributed by atoms with E-state index in [1.807, 2.05) is 14.0 Å². The molecule has 0 aromatic heterocycles. The Morgan fingerprint density at radius 2 is 2.06 bits per heavy atom. The highest BCUT2D eigenvalue weighted by Crippen LogP contribution is 2.08.